The van der Waals surface area contributed by atoms with Gasteiger partial charge in [0.1, 0.15) is 0 Å². The fourth-order valence-corrected chi connectivity index (χ4v) is 4.54. The van der Waals surface area contributed by atoms with Crippen molar-refractivity contribution in [3.05, 3.63) is 71.8 Å². The zero-order chi connectivity index (χ0) is 15.3. The highest BCUT2D eigenvalue weighted by molar-refractivity contribution is 8.01. The molecule has 2 atom stereocenters. The third-order valence-corrected chi connectivity index (χ3v) is 6.52. The summed E-state index contributed by atoms with van der Waals surface area (Å²) in [5, 5.41) is 0. The van der Waals surface area contributed by atoms with E-state index in [0.29, 0.717) is 0 Å². The van der Waals surface area contributed by atoms with Gasteiger partial charge in [0.05, 0.1) is 0 Å². The second-order valence-electron chi connectivity index (χ2n) is 6.00. The Balaban J connectivity index is 2.36. The van der Waals surface area contributed by atoms with Gasteiger partial charge in [-0.1, -0.05) is 74.5 Å². The van der Waals surface area contributed by atoms with Crippen LogP contribution < -0.4 is 0 Å². The van der Waals surface area contributed by atoms with Crippen molar-refractivity contribution in [1.82, 2.24) is 0 Å². The van der Waals surface area contributed by atoms with Crippen LogP contribution in [0.3, 0.4) is 0 Å². The molecule has 1 heteroatoms. The summed E-state index contributed by atoms with van der Waals surface area (Å²) in [6.45, 7) is 9.34. The van der Waals surface area contributed by atoms with Crippen LogP contribution in [0.1, 0.15) is 51.7 Å². The first-order valence-corrected chi connectivity index (χ1v) is 8.67. The molecule has 0 bridgehead atoms. The lowest BCUT2D eigenvalue weighted by Gasteiger charge is -2.39. The van der Waals surface area contributed by atoms with Gasteiger partial charge < -0.3 is 0 Å². The number of rotatable bonds is 6. The molecule has 0 nitrogen and oxygen atoms in total. The predicted octanol–water partition coefficient (Wildman–Crippen LogP) is 6.37. The molecule has 0 aliphatic heterocycles. The lowest BCUT2D eigenvalue weighted by molar-refractivity contribution is 0.608. The number of benzene rings is 2. The van der Waals surface area contributed by atoms with E-state index in [9.17, 15) is 0 Å². The van der Waals surface area contributed by atoms with E-state index in [4.69, 9.17) is 0 Å². The van der Waals surface area contributed by atoms with Gasteiger partial charge in [0.25, 0.3) is 0 Å². The first kappa shape index (κ1) is 16.2. The second-order valence-corrected chi connectivity index (χ2v) is 8.01. The number of hydrogen-bond acceptors (Lipinski definition) is 1. The van der Waals surface area contributed by atoms with Gasteiger partial charge >= 0.3 is 0 Å². The molecule has 0 amide bonds. The van der Waals surface area contributed by atoms with Crippen molar-refractivity contribution in [2.75, 3.05) is 0 Å². The normalized spacial score (nSPS) is 17.0. The Morgan fingerprint density at radius 3 is 1.29 bits per heavy atom. The molecule has 0 aliphatic rings. The van der Waals surface area contributed by atoms with Gasteiger partial charge in [0.2, 0.25) is 0 Å². The van der Waals surface area contributed by atoms with Crippen LogP contribution in [0.25, 0.3) is 0 Å². The van der Waals surface area contributed by atoms with E-state index < -0.39 is 0 Å². The summed E-state index contributed by atoms with van der Waals surface area (Å²) >= 11 is 2.10. The fraction of sp³-hybridized carbons (Fsp3) is 0.400. The molecule has 0 heterocycles. The van der Waals surface area contributed by atoms with E-state index in [0.717, 1.165) is 12.8 Å². The number of hydrogen-bond donors (Lipinski definition) is 0. The number of thioether (sulfide) groups is 1. The minimum Gasteiger partial charge on any atom is -0.139 e. The molecule has 0 aromatic heterocycles. The van der Waals surface area contributed by atoms with Gasteiger partial charge in [0.15, 0.2) is 0 Å². The van der Waals surface area contributed by atoms with E-state index in [1.54, 1.807) is 0 Å². The highest BCUT2D eigenvalue weighted by atomic mass is 32.2. The van der Waals surface area contributed by atoms with E-state index in [1.807, 2.05) is 0 Å². The van der Waals surface area contributed by atoms with Crippen molar-refractivity contribution in [2.45, 2.75) is 50.0 Å². The molecule has 0 spiro atoms. The van der Waals surface area contributed by atoms with Crippen LogP contribution in [0, 0.1) is 0 Å². The molecule has 0 saturated carbocycles. The third-order valence-electron chi connectivity index (χ3n) is 4.57. The van der Waals surface area contributed by atoms with Gasteiger partial charge in [-0.05, 0) is 37.8 Å². The molecule has 2 unspecified atom stereocenters. The Bertz CT molecular complexity index is 497. The summed E-state index contributed by atoms with van der Waals surface area (Å²) in [6.07, 6.45) is 2.26. The van der Waals surface area contributed by atoms with E-state index >= 15 is 0 Å². The van der Waals surface area contributed by atoms with Gasteiger partial charge in [-0.3, -0.25) is 0 Å². The average molecular weight is 298 g/mol. The van der Waals surface area contributed by atoms with Gasteiger partial charge in [-0.15, -0.1) is 11.8 Å². The molecule has 0 N–H and O–H groups in total. The van der Waals surface area contributed by atoms with Gasteiger partial charge in [0, 0.05) is 9.49 Å². The molecular weight excluding hydrogens is 272 g/mol. The smallest absolute Gasteiger partial charge is 0.0386 e. The summed E-state index contributed by atoms with van der Waals surface area (Å²) in [7, 11) is 0. The molecular formula is C20H26S. The van der Waals surface area contributed by atoms with Crippen molar-refractivity contribution in [3.8, 4) is 0 Å². The summed E-state index contributed by atoms with van der Waals surface area (Å²) in [4.78, 5) is 0. The fourth-order valence-electron chi connectivity index (χ4n) is 2.75. The molecule has 0 fully saturated rings. The van der Waals surface area contributed by atoms with E-state index in [1.165, 1.54) is 11.1 Å². The molecule has 0 saturated heterocycles. The summed E-state index contributed by atoms with van der Waals surface area (Å²) in [5.41, 5.74) is 2.85. The lowest BCUT2D eigenvalue weighted by atomic mass is 9.96. The standard InChI is InChI=1S/C20H26S/c1-5-19(3,17-13-9-7-10-14-17)21-20(4,6-2)18-15-11-8-12-16-18/h7-16H,5-6H2,1-4H3. The zero-order valence-corrected chi connectivity index (χ0v) is 14.4. The van der Waals surface area contributed by atoms with Crippen LogP contribution in [0.2, 0.25) is 0 Å². The van der Waals surface area contributed by atoms with E-state index in [2.05, 4.69) is 100 Å². The highest BCUT2D eigenvalue weighted by Crippen LogP contribution is 2.52. The molecule has 21 heavy (non-hydrogen) atoms. The van der Waals surface area contributed by atoms with Crippen molar-refractivity contribution in [1.29, 1.82) is 0 Å². The molecule has 2 aromatic rings. The molecule has 0 aliphatic carbocycles. The second kappa shape index (κ2) is 6.70. The molecule has 2 rings (SSSR count). The Hall–Kier alpha value is -1.21. The largest absolute Gasteiger partial charge is 0.139 e. The minimum atomic E-state index is 0.141. The van der Waals surface area contributed by atoms with E-state index in [-0.39, 0.29) is 9.49 Å². The maximum Gasteiger partial charge on any atom is 0.0386 e. The first-order chi connectivity index (χ1) is 10.0. The Kier molecular flexibility index (Phi) is 5.16. The Morgan fingerprint density at radius 2 is 1.00 bits per heavy atom. The highest BCUT2D eigenvalue weighted by Gasteiger charge is 2.36. The summed E-state index contributed by atoms with van der Waals surface area (Å²) in [5.74, 6) is 0. The minimum absolute atomic E-state index is 0.141. The molecule has 112 valence electrons. The van der Waals surface area contributed by atoms with Crippen LogP contribution in [0.15, 0.2) is 60.7 Å². The Morgan fingerprint density at radius 1 is 0.667 bits per heavy atom. The maximum atomic E-state index is 2.38. The van der Waals surface area contributed by atoms with Crippen molar-refractivity contribution >= 4 is 11.8 Å². The Labute approximate surface area is 134 Å². The third kappa shape index (κ3) is 3.52. The van der Waals surface area contributed by atoms with Crippen molar-refractivity contribution in [3.63, 3.8) is 0 Å². The molecule has 2 aromatic carbocycles. The zero-order valence-electron chi connectivity index (χ0n) is 13.6. The lowest BCUT2D eigenvalue weighted by Crippen LogP contribution is -2.27. The molecule has 0 radical (unpaired) electrons. The van der Waals surface area contributed by atoms with Crippen LogP contribution in [-0.2, 0) is 9.49 Å². The monoisotopic (exact) mass is 298 g/mol. The van der Waals surface area contributed by atoms with Crippen molar-refractivity contribution in [2.24, 2.45) is 0 Å². The topological polar surface area (TPSA) is 0 Å². The van der Waals surface area contributed by atoms with Crippen LogP contribution in [0.4, 0.5) is 0 Å². The first-order valence-electron chi connectivity index (χ1n) is 7.85. The van der Waals surface area contributed by atoms with Crippen molar-refractivity contribution < 1.29 is 0 Å². The summed E-state index contributed by atoms with van der Waals surface area (Å²) in [6, 6.07) is 21.8. The van der Waals surface area contributed by atoms with Crippen LogP contribution in [0.5, 0.6) is 0 Å². The quantitative estimate of drug-likeness (QED) is 0.597. The maximum absolute atomic E-state index is 2.38. The van der Waals surface area contributed by atoms with Crippen LogP contribution in [-0.4, -0.2) is 0 Å². The predicted molar refractivity (Wildman–Crippen MR) is 95.8 cm³/mol. The SMILES string of the molecule is CCC(C)(SC(C)(CC)c1ccccc1)c1ccccc1. The van der Waals surface area contributed by atoms with Gasteiger partial charge in [-0.25, -0.2) is 0 Å². The summed E-state index contributed by atoms with van der Waals surface area (Å²) < 4.78 is 0.281. The average Bonchev–Trinajstić information content (AvgIpc) is 2.56. The van der Waals surface area contributed by atoms with Crippen LogP contribution >= 0.6 is 11.8 Å². The van der Waals surface area contributed by atoms with Gasteiger partial charge in [-0.2, -0.15) is 0 Å².